The van der Waals surface area contributed by atoms with Crippen molar-refractivity contribution in [3.63, 3.8) is 0 Å². The molecule has 0 fully saturated rings. The van der Waals surface area contributed by atoms with E-state index in [0.717, 1.165) is 5.56 Å². The van der Waals surface area contributed by atoms with Crippen LogP contribution in [0.5, 0.6) is 5.75 Å². The van der Waals surface area contributed by atoms with Gasteiger partial charge in [0.05, 0.1) is 7.11 Å². The molecular formula is C15H17NO3S. The lowest BCUT2D eigenvalue weighted by molar-refractivity contribution is 0.402. The van der Waals surface area contributed by atoms with Crippen molar-refractivity contribution in [1.29, 1.82) is 0 Å². The monoisotopic (exact) mass is 291 g/mol. The lowest BCUT2D eigenvalue weighted by Crippen LogP contribution is -2.27. The molecule has 0 spiro atoms. The van der Waals surface area contributed by atoms with Gasteiger partial charge in [0.15, 0.2) is 0 Å². The van der Waals surface area contributed by atoms with E-state index in [2.05, 4.69) is 4.72 Å². The minimum absolute atomic E-state index is 0.144. The maximum Gasteiger partial charge on any atom is 0.244 e. The number of para-hydroxylation sites is 1. The Morgan fingerprint density at radius 1 is 1.00 bits per heavy atom. The number of hydrogen-bond donors (Lipinski definition) is 1. The Labute approximate surface area is 119 Å². The molecule has 0 bridgehead atoms. The molecule has 0 saturated carbocycles. The van der Waals surface area contributed by atoms with Gasteiger partial charge in [0.2, 0.25) is 10.0 Å². The summed E-state index contributed by atoms with van der Waals surface area (Å²) in [5, 5.41) is 0. The van der Waals surface area contributed by atoms with Crippen LogP contribution in [0, 0.1) is 0 Å². The SMILES string of the molecule is COc1ccccc1S(=O)(=O)NC(C)c1ccccc1. The predicted octanol–water partition coefficient (Wildman–Crippen LogP) is 2.73. The van der Waals surface area contributed by atoms with Crippen LogP contribution in [0.25, 0.3) is 0 Å². The van der Waals surface area contributed by atoms with Crippen LogP contribution in [0.1, 0.15) is 18.5 Å². The quantitative estimate of drug-likeness (QED) is 0.921. The molecule has 0 amide bonds. The van der Waals surface area contributed by atoms with E-state index in [1.54, 1.807) is 18.2 Å². The van der Waals surface area contributed by atoms with E-state index in [1.165, 1.54) is 13.2 Å². The first-order valence-corrected chi connectivity index (χ1v) is 7.73. The summed E-state index contributed by atoms with van der Waals surface area (Å²) in [7, 11) is -2.17. The molecule has 1 N–H and O–H groups in total. The third kappa shape index (κ3) is 3.18. The zero-order chi connectivity index (χ0) is 14.6. The maximum absolute atomic E-state index is 12.4. The fraction of sp³-hybridized carbons (Fsp3) is 0.200. The van der Waals surface area contributed by atoms with E-state index in [0.29, 0.717) is 5.75 Å². The van der Waals surface area contributed by atoms with Crippen LogP contribution in [0.2, 0.25) is 0 Å². The molecule has 0 aliphatic carbocycles. The van der Waals surface area contributed by atoms with Gasteiger partial charge in [-0.25, -0.2) is 13.1 Å². The molecule has 0 aliphatic heterocycles. The first-order valence-electron chi connectivity index (χ1n) is 6.25. The Morgan fingerprint density at radius 2 is 1.60 bits per heavy atom. The number of nitrogens with one attached hydrogen (secondary N) is 1. The molecule has 0 radical (unpaired) electrons. The van der Waals surface area contributed by atoms with E-state index in [-0.39, 0.29) is 10.9 Å². The van der Waals surface area contributed by atoms with Crippen LogP contribution in [-0.4, -0.2) is 15.5 Å². The highest BCUT2D eigenvalue weighted by molar-refractivity contribution is 7.89. The second-order valence-electron chi connectivity index (χ2n) is 4.40. The lowest BCUT2D eigenvalue weighted by atomic mass is 10.1. The number of benzene rings is 2. The highest BCUT2D eigenvalue weighted by Crippen LogP contribution is 2.24. The molecule has 0 aromatic heterocycles. The van der Waals surface area contributed by atoms with E-state index < -0.39 is 10.0 Å². The zero-order valence-corrected chi connectivity index (χ0v) is 12.2. The van der Waals surface area contributed by atoms with Gasteiger partial charge in [-0.3, -0.25) is 0 Å². The van der Waals surface area contributed by atoms with Gasteiger partial charge in [0.25, 0.3) is 0 Å². The molecule has 0 heterocycles. The maximum atomic E-state index is 12.4. The van der Waals surface area contributed by atoms with Crippen molar-refractivity contribution < 1.29 is 13.2 Å². The van der Waals surface area contributed by atoms with Gasteiger partial charge in [0.1, 0.15) is 10.6 Å². The highest BCUT2D eigenvalue weighted by atomic mass is 32.2. The molecule has 2 aromatic rings. The van der Waals surface area contributed by atoms with Gasteiger partial charge in [0, 0.05) is 6.04 Å². The van der Waals surface area contributed by atoms with Crippen LogP contribution < -0.4 is 9.46 Å². The third-order valence-corrected chi connectivity index (χ3v) is 4.57. The topological polar surface area (TPSA) is 55.4 Å². The molecule has 4 nitrogen and oxygen atoms in total. The smallest absolute Gasteiger partial charge is 0.244 e. The number of hydrogen-bond acceptors (Lipinski definition) is 3. The fourth-order valence-corrected chi connectivity index (χ4v) is 3.35. The van der Waals surface area contributed by atoms with Crippen LogP contribution in [0.4, 0.5) is 0 Å². The molecular weight excluding hydrogens is 274 g/mol. The van der Waals surface area contributed by atoms with Crippen LogP contribution in [0.15, 0.2) is 59.5 Å². The van der Waals surface area contributed by atoms with Crippen molar-refractivity contribution in [2.45, 2.75) is 17.9 Å². The minimum atomic E-state index is -3.63. The molecule has 5 heteroatoms. The Hall–Kier alpha value is -1.85. The third-order valence-electron chi connectivity index (χ3n) is 2.99. The fourth-order valence-electron chi connectivity index (χ4n) is 1.95. The summed E-state index contributed by atoms with van der Waals surface area (Å²) in [5.41, 5.74) is 0.908. The van der Waals surface area contributed by atoms with Crippen LogP contribution in [-0.2, 0) is 10.0 Å². The van der Waals surface area contributed by atoms with Crippen molar-refractivity contribution in [1.82, 2.24) is 4.72 Å². The second kappa shape index (κ2) is 6.07. The van der Waals surface area contributed by atoms with Gasteiger partial charge in [-0.05, 0) is 24.6 Å². The van der Waals surface area contributed by atoms with Gasteiger partial charge in [-0.1, -0.05) is 42.5 Å². The molecule has 1 atom stereocenters. The standard InChI is InChI=1S/C15H17NO3S/c1-12(13-8-4-3-5-9-13)16-20(17,18)15-11-7-6-10-14(15)19-2/h3-12,16H,1-2H3. The zero-order valence-electron chi connectivity index (χ0n) is 11.4. The average Bonchev–Trinajstić information content (AvgIpc) is 2.47. The van der Waals surface area contributed by atoms with Crippen molar-refractivity contribution in [3.8, 4) is 5.75 Å². The van der Waals surface area contributed by atoms with Crippen molar-refractivity contribution in [3.05, 3.63) is 60.2 Å². The van der Waals surface area contributed by atoms with E-state index in [1.807, 2.05) is 37.3 Å². The van der Waals surface area contributed by atoms with E-state index >= 15 is 0 Å². The average molecular weight is 291 g/mol. The first-order chi connectivity index (χ1) is 9.54. The van der Waals surface area contributed by atoms with Gasteiger partial charge in [-0.15, -0.1) is 0 Å². The Bertz CT molecular complexity index is 669. The number of sulfonamides is 1. The molecule has 106 valence electrons. The lowest BCUT2D eigenvalue weighted by Gasteiger charge is -2.16. The van der Waals surface area contributed by atoms with E-state index in [9.17, 15) is 8.42 Å². The van der Waals surface area contributed by atoms with Crippen LogP contribution >= 0.6 is 0 Å². The molecule has 0 aliphatic rings. The highest BCUT2D eigenvalue weighted by Gasteiger charge is 2.21. The second-order valence-corrected chi connectivity index (χ2v) is 6.09. The van der Waals surface area contributed by atoms with Gasteiger partial charge < -0.3 is 4.74 Å². The number of methoxy groups -OCH3 is 1. The summed E-state index contributed by atoms with van der Waals surface area (Å²) in [6.07, 6.45) is 0. The largest absolute Gasteiger partial charge is 0.495 e. The van der Waals surface area contributed by atoms with Gasteiger partial charge in [-0.2, -0.15) is 0 Å². The molecule has 2 aromatic carbocycles. The number of rotatable bonds is 5. The van der Waals surface area contributed by atoms with Crippen molar-refractivity contribution in [2.24, 2.45) is 0 Å². The molecule has 0 saturated heterocycles. The summed E-state index contributed by atoms with van der Waals surface area (Å²) in [5.74, 6) is 0.334. The summed E-state index contributed by atoms with van der Waals surface area (Å²) in [6, 6.07) is 15.7. The van der Waals surface area contributed by atoms with Gasteiger partial charge >= 0.3 is 0 Å². The first kappa shape index (κ1) is 14.6. The van der Waals surface area contributed by atoms with Crippen molar-refractivity contribution in [2.75, 3.05) is 7.11 Å². The minimum Gasteiger partial charge on any atom is -0.495 e. The molecule has 1 unspecified atom stereocenters. The molecule has 2 rings (SSSR count). The van der Waals surface area contributed by atoms with Crippen LogP contribution in [0.3, 0.4) is 0 Å². The van der Waals surface area contributed by atoms with E-state index in [4.69, 9.17) is 4.74 Å². The Kier molecular flexibility index (Phi) is 4.42. The summed E-state index contributed by atoms with van der Waals surface area (Å²) in [4.78, 5) is 0.144. The Balaban J connectivity index is 2.28. The molecule has 20 heavy (non-hydrogen) atoms. The summed E-state index contributed by atoms with van der Waals surface area (Å²) >= 11 is 0. The predicted molar refractivity (Wildman–Crippen MR) is 78.2 cm³/mol. The normalized spacial score (nSPS) is 12.9. The summed E-state index contributed by atoms with van der Waals surface area (Å²) in [6.45, 7) is 1.81. The summed E-state index contributed by atoms with van der Waals surface area (Å²) < 4.78 is 32.6. The van der Waals surface area contributed by atoms with Crippen molar-refractivity contribution >= 4 is 10.0 Å². The number of ether oxygens (including phenoxy) is 1. The Morgan fingerprint density at radius 3 is 2.25 bits per heavy atom.